The van der Waals surface area contributed by atoms with Crippen molar-refractivity contribution in [2.24, 2.45) is 0 Å². The van der Waals surface area contributed by atoms with Crippen molar-refractivity contribution in [2.75, 3.05) is 6.54 Å². The van der Waals surface area contributed by atoms with Crippen molar-refractivity contribution in [2.45, 2.75) is 26.3 Å². The van der Waals surface area contributed by atoms with Gasteiger partial charge in [-0.05, 0) is 31.2 Å². The van der Waals surface area contributed by atoms with Crippen LogP contribution in [0, 0.1) is 17.7 Å². The van der Waals surface area contributed by atoms with Gasteiger partial charge in [0.1, 0.15) is 5.82 Å². The van der Waals surface area contributed by atoms with Crippen LogP contribution in [-0.4, -0.2) is 6.54 Å². The standard InChI is InChI=1S/C13H16FN/c1-3-5-9-13(15-4-2)11-7-6-8-12(14)10-11/h6-8,10,13,15H,4,9H2,1-2H3. The van der Waals surface area contributed by atoms with Crippen LogP contribution >= 0.6 is 0 Å². The fourth-order valence-corrected chi connectivity index (χ4v) is 1.48. The third-order valence-electron chi connectivity index (χ3n) is 2.18. The number of hydrogen-bond acceptors (Lipinski definition) is 1. The summed E-state index contributed by atoms with van der Waals surface area (Å²) in [7, 11) is 0. The van der Waals surface area contributed by atoms with Gasteiger partial charge in [0.25, 0.3) is 0 Å². The maximum atomic E-state index is 13.0. The molecule has 15 heavy (non-hydrogen) atoms. The summed E-state index contributed by atoms with van der Waals surface area (Å²) < 4.78 is 13.0. The summed E-state index contributed by atoms with van der Waals surface area (Å²) in [5, 5.41) is 3.29. The molecular weight excluding hydrogens is 189 g/mol. The molecule has 0 heterocycles. The average Bonchev–Trinajstić information content (AvgIpc) is 2.24. The Hall–Kier alpha value is -1.33. The Morgan fingerprint density at radius 3 is 2.87 bits per heavy atom. The number of benzene rings is 1. The lowest BCUT2D eigenvalue weighted by Gasteiger charge is -2.15. The van der Waals surface area contributed by atoms with Crippen molar-refractivity contribution in [3.63, 3.8) is 0 Å². The third kappa shape index (κ3) is 3.73. The minimum absolute atomic E-state index is 0.123. The van der Waals surface area contributed by atoms with E-state index < -0.39 is 0 Å². The first-order valence-electron chi connectivity index (χ1n) is 5.16. The van der Waals surface area contributed by atoms with E-state index in [4.69, 9.17) is 0 Å². The van der Waals surface area contributed by atoms with Crippen LogP contribution in [-0.2, 0) is 0 Å². The molecule has 0 aliphatic carbocycles. The van der Waals surface area contributed by atoms with E-state index in [0.29, 0.717) is 6.42 Å². The monoisotopic (exact) mass is 205 g/mol. The predicted molar refractivity (Wildman–Crippen MR) is 60.9 cm³/mol. The van der Waals surface area contributed by atoms with Gasteiger partial charge in [0.05, 0.1) is 0 Å². The van der Waals surface area contributed by atoms with E-state index in [1.54, 1.807) is 12.1 Å². The van der Waals surface area contributed by atoms with E-state index in [1.165, 1.54) is 6.07 Å². The van der Waals surface area contributed by atoms with Crippen molar-refractivity contribution in [1.82, 2.24) is 5.32 Å². The minimum Gasteiger partial charge on any atom is -0.309 e. The summed E-state index contributed by atoms with van der Waals surface area (Å²) in [6, 6.07) is 6.79. The van der Waals surface area contributed by atoms with Crippen molar-refractivity contribution >= 4 is 0 Å². The Labute approximate surface area is 90.7 Å². The third-order valence-corrected chi connectivity index (χ3v) is 2.18. The number of rotatable bonds is 4. The summed E-state index contributed by atoms with van der Waals surface area (Å²) in [4.78, 5) is 0. The fraction of sp³-hybridized carbons (Fsp3) is 0.385. The normalized spacial score (nSPS) is 11.7. The van der Waals surface area contributed by atoms with Gasteiger partial charge in [-0.1, -0.05) is 19.1 Å². The van der Waals surface area contributed by atoms with Gasteiger partial charge in [-0.3, -0.25) is 0 Å². The molecule has 0 aromatic heterocycles. The molecule has 0 saturated carbocycles. The van der Waals surface area contributed by atoms with Crippen LogP contribution in [0.25, 0.3) is 0 Å². The maximum absolute atomic E-state index is 13.0. The highest BCUT2D eigenvalue weighted by atomic mass is 19.1. The lowest BCUT2D eigenvalue weighted by molar-refractivity contribution is 0.556. The molecule has 0 amide bonds. The van der Waals surface area contributed by atoms with Gasteiger partial charge in [0, 0.05) is 12.5 Å². The van der Waals surface area contributed by atoms with E-state index in [1.807, 2.05) is 19.9 Å². The number of hydrogen-bond donors (Lipinski definition) is 1. The van der Waals surface area contributed by atoms with E-state index >= 15 is 0 Å². The molecule has 0 aliphatic heterocycles. The Bertz CT molecular complexity index is 362. The number of nitrogens with one attached hydrogen (secondary N) is 1. The van der Waals surface area contributed by atoms with Crippen molar-refractivity contribution in [3.05, 3.63) is 35.6 Å². The van der Waals surface area contributed by atoms with Crippen LogP contribution in [0.2, 0.25) is 0 Å². The van der Waals surface area contributed by atoms with Crippen LogP contribution in [0.1, 0.15) is 31.9 Å². The number of halogens is 1. The molecule has 0 radical (unpaired) electrons. The Morgan fingerprint density at radius 1 is 1.47 bits per heavy atom. The van der Waals surface area contributed by atoms with E-state index in [9.17, 15) is 4.39 Å². The molecule has 1 rings (SSSR count). The predicted octanol–water partition coefficient (Wildman–Crippen LogP) is 2.89. The van der Waals surface area contributed by atoms with Gasteiger partial charge >= 0.3 is 0 Å². The van der Waals surface area contributed by atoms with Crippen molar-refractivity contribution < 1.29 is 4.39 Å². The molecule has 1 aromatic carbocycles. The fourth-order valence-electron chi connectivity index (χ4n) is 1.48. The largest absolute Gasteiger partial charge is 0.309 e. The van der Waals surface area contributed by atoms with Gasteiger partial charge in [-0.25, -0.2) is 4.39 Å². The van der Waals surface area contributed by atoms with Crippen LogP contribution < -0.4 is 5.32 Å². The summed E-state index contributed by atoms with van der Waals surface area (Å²) in [6.45, 7) is 4.70. The molecule has 0 aliphatic rings. The quantitative estimate of drug-likeness (QED) is 0.745. The highest BCUT2D eigenvalue weighted by Gasteiger charge is 2.08. The molecule has 1 atom stereocenters. The second-order valence-electron chi connectivity index (χ2n) is 3.30. The van der Waals surface area contributed by atoms with Gasteiger partial charge < -0.3 is 5.32 Å². The minimum atomic E-state index is -0.195. The molecule has 1 nitrogen and oxygen atoms in total. The van der Waals surface area contributed by atoms with Gasteiger partial charge in [-0.2, -0.15) is 0 Å². The zero-order valence-corrected chi connectivity index (χ0v) is 9.18. The second kappa shape index (κ2) is 6.21. The lowest BCUT2D eigenvalue weighted by Crippen LogP contribution is -2.20. The first-order chi connectivity index (χ1) is 7.27. The molecule has 0 spiro atoms. The highest BCUT2D eigenvalue weighted by Crippen LogP contribution is 2.16. The summed E-state index contributed by atoms with van der Waals surface area (Å²) in [5.41, 5.74) is 0.958. The topological polar surface area (TPSA) is 12.0 Å². The van der Waals surface area contributed by atoms with Crippen LogP contribution in [0.15, 0.2) is 24.3 Å². The van der Waals surface area contributed by atoms with Crippen LogP contribution in [0.4, 0.5) is 4.39 Å². The zero-order valence-electron chi connectivity index (χ0n) is 9.18. The molecule has 2 heteroatoms. The highest BCUT2D eigenvalue weighted by molar-refractivity contribution is 5.21. The molecule has 1 N–H and O–H groups in total. The summed E-state index contributed by atoms with van der Waals surface area (Å²) in [6.07, 6.45) is 0.716. The molecule has 80 valence electrons. The van der Waals surface area contributed by atoms with Crippen molar-refractivity contribution in [3.8, 4) is 11.8 Å². The summed E-state index contributed by atoms with van der Waals surface area (Å²) >= 11 is 0. The zero-order chi connectivity index (χ0) is 11.1. The second-order valence-corrected chi connectivity index (χ2v) is 3.30. The van der Waals surface area contributed by atoms with Crippen LogP contribution in [0.5, 0.6) is 0 Å². The lowest BCUT2D eigenvalue weighted by atomic mass is 10.0. The molecule has 1 unspecified atom stereocenters. The van der Waals surface area contributed by atoms with Crippen molar-refractivity contribution in [1.29, 1.82) is 0 Å². The molecule has 0 bridgehead atoms. The maximum Gasteiger partial charge on any atom is 0.123 e. The Kier molecular flexibility index (Phi) is 4.86. The first-order valence-corrected chi connectivity index (χ1v) is 5.16. The Balaban J connectivity index is 2.81. The average molecular weight is 205 g/mol. The van der Waals surface area contributed by atoms with E-state index in [0.717, 1.165) is 12.1 Å². The Morgan fingerprint density at radius 2 is 2.27 bits per heavy atom. The smallest absolute Gasteiger partial charge is 0.123 e. The molecule has 0 fully saturated rings. The van der Waals surface area contributed by atoms with Gasteiger partial charge in [-0.15, -0.1) is 11.8 Å². The molecule has 0 saturated heterocycles. The first kappa shape index (κ1) is 11.7. The summed E-state index contributed by atoms with van der Waals surface area (Å²) in [5.74, 6) is 5.68. The van der Waals surface area contributed by atoms with E-state index in [2.05, 4.69) is 17.2 Å². The van der Waals surface area contributed by atoms with Gasteiger partial charge in [0.15, 0.2) is 0 Å². The van der Waals surface area contributed by atoms with Crippen LogP contribution in [0.3, 0.4) is 0 Å². The molecule has 1 aromatic rings. The van der Waals surface area contributed by atoms with E-state index in [-0.39, 0.29) is 11.9 Å². The van der Waals surface area contributed by atoms with Gasteiger partial charge in [0.2, 0.25) is 0 Å². The SMILES string of the molecule is CC#CCC(NCC)c1cccc(F)c1. The molecular formula is C13H16FN.